The van der Waals surface area contributed by atoms with E-state index in [0.717, 1.165) is 5.56 Å². The molecule has 0 spiro atoms. The van der Waals surface area contributed by atoms with Gasteiger partial charge in [0.15, 0.2) is 0 Å². The van der Waals surface area contributed by atoms with E-state index < -0.39 is 5.60 Å². The molecule has 3 N–H and O–H groups in total. The summed E-state index contributed by atoms with van der Waals surface area (Å²) >= 11 is 5.76. The molecule has 0 fully saturated rings. The third-order valence-corrected chi connectivity index (χ3v) is 2.71. The molecular weight excluding hydrogens is 198 g/mol. The van der Waals surface area contributed by atoms with Gasteiger partial charge in [-0.15, -0.1) is 0 Å². The second-order valence-corrected chi connectivity index (χ2v) is 4.39. The highest BCUT2D eigenvalue weighted by atomic mass is 35.5. The minimum atomic E-state index is -0.867. The molecule has 0 saturated heterocycles. The first-order valence-corrected chi connectivity index (χ1v) is 5.02. The van der Waals surface area contributed by atoms with Gasteiger partial charge < -0.3 is 10.8 Å². The quantitative estimate of drug-likeness (QED) is 0.807. The number of hydrogen-bond donors (Lipinski definition) is 2. The highest BCUT2D eigenvalue weighted by molar-refractivity contribution is 6.30. The molecular formula is C11H16ClNO. The second kappa shape index (κ2) is 4.30. The van der Waals surface area contributed by atoms with E-state index in [1.165, 1.54) is 0 Å². The van der Waals surface area contributed by atoms with Crippen LogP contribution >= 0.6 is 11.6 Å². The van der Waals surface area contributed by atoms with Crippen molar-refractivity contribution in [1.29, 1.82) is 0 Å². The van der Waals surface area contributed by atoms with Crippen LogP contribution in [0, 0.1) is 0 Å². The van der Waals surface area contributed by atoms with Crippen LogP contribution in [0.3, 0.4) is 0 Å². The summed E-state index contributed by atoms with van der Waals surface area (Å²) in [7, 11) is 0. The van der Waals surface area contributed by atoms with E-state index >= 15 is 0 Å². The molecule has 1 rings (SSSR count). The Hall–Kier alpha value is -0.570. The molecule has 2 unspecified atom stereocenters. The molecule has 0 radical (unpaired) electrons. The fourth-order valence-corrected chi connectivity index (χ4v) is 1.30. The Morgan fingerprint density at radius 2 is 1.93 bits per heavy atom. The van der Waals surface area contributed by atoms with Gasteiger partial charge in [0.05, 0.1) is 5.60 Å². The molecule has 0 aromatic heterocycles. The largest absolute Gasteiger partial charge is 0.388 e. The lowest BCUT2D eigenvalue weighted by Crippen LogP contribution is -2.45. The smallest absolute Gasteiger partial charge is 0.0807 e. The van der Waals surface area contributed by atoms with E-state index in [1.54, 1.807) is 13.8 Å². The van der Waals surface area contributed by atoms with E-state index in [1.807, 2.05) is 24.3 Å². The van der Waals surface area contributed by atoms with Crippen molar-refractivity contribution in [2.75, 3.05) is 0 Å². The van der Waals surface area contributed by atoms with Crippen LogP contribution < -0.4 is 5.73 Å². The topological polar surface area (TPSA) is 46.2 Å². The molecule has 3 heteroatoms. The lowest BCUT2D eigenvalue weighted by Gasteiger charge is -2.27. The summed E-state index contributed by atoms with van der Waals surface area (Å²) in [6, 6.07) is 7.18. The molecule has 0 aliphatic carbocycles. The SMILES string of the molecule is CC(N)C(C)(O)Cc1ccc(Cl)cc1. The van der Waals surface area contributed by atoms with Crippen molar-refractivity contribution in [3.8, 4) is 0 Å². The van der Waals surface area contributed by atoms with E-state index in [-0.39, 0.29) is 6.04 Å². The van der Waals surface area contributed by atoms with Crippen LogP contribution in [0.25, 0.3) is 0 Å². The third kappa shape index (κ3) is 2.98. The Morgan fingerprint density at radius 1 is 1.43 bits per heavy atom. The summed E-state index contributed by atoms with van der Waals surface area (Å²) in [5.74, 6) is 0. The van der Waals surface area contributed by atoms with Crippen molar-refractivity contribution in [3.63, 3.8) is 0 Å². The Labute approximate surface area is 89.7 Å². The molecule has 1 aromatic rings. The second-order valence-electron chi connectivity index (χ2n) is 3.95. The molecule has 2 nitrogen and oxygen atoms in total. The van der Waals surface area contributed by atoms with Gasteiger partial charge in [-0.25, -0.2) is 0 Å². The summed E-state index contributed by atoms with van der Waals surface area (Å²) in [6.45, 7) is 3.54. The minimum Gasteiger partial charge on any atom is -0.388 e. The van der Waals surface area contributed by atoms with Crippen LogP contribution in [0.2, 0.25) is 5.02 Å². The van der Waals surface area contributed by atoms with Crippen LogP contribution in [0.15, 0.2) is 24.3 Å². The molecule has 0 heterocycles. The van der Waals surface area contributed by atoms with Crippen molar-refractivity contribution in [2.45, 2.75) is 31.9 Å². The Bertz CT molecular complexity index is 293. The molecule has 2 atom stereocenters. The number of halogens is 1. The van der Waals surface area contributed by atoms with Gasteiger partial charge >= 0.3 is 0 Å². The van der Waals surface area contributed by atoms with E-state index in [0.29, 0.717) is 11.4 Å². The maximum atomic E-state index is 9.96. The van der Waals surface area contributed by atoms with E-state index in [4.69, 9.17) is 17.3 Å². The maximum absolute atomic E-state index is 9.96. The van der Waals surface area contributed by atoms with Crippen LogP contribution in [0.5, 0.6) is 0 Å². The number of benzene rings is 1. The summed E-state index contributed by atoms with van der Waals surface area (Å²) < 4.78 is 0. The highest BCUT2D eigenvalue weighted by Crippen LogP contribution is 2.17. The lowest BCUT2D eigenvalue weighted by atomic mass is 9.91. The Morgan fingerprint density at radius 3 is 2.36 bits per heavy atom. The van der Waals surface area contributed by atoms with Gasteiger partial charge in [0, 0.05) is 17.5 Å². The Kier molecular flexibility index (Phi) is 3.53. The number of nitrogens with two attached hydrogens (primary N) is 1. The monoisotopic (exact) mass is 213 g/mol. The number of aliphatic hydroxyl groups is 1. The van der Waals surface area contributed by atoms with Crippen molar-refractivity contribution < 1.29 is 5.11 Å². The average Bonchev–Trinajstić information content (AvgIpc) is 2.08. The Balaban J connectivity index is 2.74. The van der Waals surface area contributed by atoms with Crippen LogP contribution in [0.4, 0.5) is 0 Å². The number of hydrogen-bond acceptors (Lipinski definition) is 2. The van der Waals surface area contributed by atoms with Gasteiger partial charge in [-0.2, -0.15) is 0 Å². The molecule has 1 aromatic carbocycles. The fourth-order valence-electron chi connectivity index (χ4n) is 1.18. The molecule has 0 bridgehead atoms. The van der Waals surface area contributed by atoms with E-state index in [2.05, 4.69) is 0 Å². The summed E-state index contributed by atoms with van der Waals surface area (Å²) in [6.07, 6.45) is 0.543. The fraction of sp³-hybridized carbons (Fsp3) is 0.455. The molecule has 0 aliphatic heterocycles. The molecule has 78 valence electrons. The molecule has 14 heavy (non-hydrogen) atoms. The normalized spacial score (nSPS) is 17.5. The van der Waals surface area contributed by atoms with Gasteiger partial charge in [-0.05, 0) is 31.5 Å². The van der Waals surface area contributed by atoms with E-state index in [9.17, 15) is 5.11 Å². The predicted molar refractivity (Wildman–Crippen MR) is 59.4 cm³/mol. The summed E-state index contributed by atoms with van der Waals surface area (Å²) in [5.41, 5.74) is 5.84. The van der Waals surface area contributed by atoms with Crippen LogP contribution in [-0.2, 0) is 6.42 Å². The van der Waals surface area contributed by atoms with Gasteiger partial charge in [0.25, 0.3) is 0 Å². The first-order valence-electron chi connectivity index (χ1n) is 4.64. The minimum absolute atomic E-state index is 0.252. The van der Waals surface area contributed by atoms with Crippen molar-refractivity contribution in [2.24, 2.45) is 5.73 Å². The lowest BCUT2D eigenvalue weighted by molar-refractivity contribution is 0.0389. The first kappa shape index (κ1) is 11.5. The maximum Gasteiger partial charge on any atom is 0.0807 e. The third-order valence-electron chi connectivity index (χ3n) is 2.46. The zero-order valence-electron chi connectivity index (χ0n) is 8.50. The predicted octanol–water partition coefficient (Wildman–Crippen LogP) is 1.98. The van der Waals surface area contributed by atoms with Crippen molar-refractivity contribution >= 4 is 11.6 Å². The van der Waals surface area contributed by atoms with Crippen molar-refractivity contribution in [1.82, 2.24) is 0 Å². The zero-order valence-corrected chi connectivity index (χ0v) is 9.25. The summed E-state index contributed by atoms with van der Waals surface area (Å²) in [4.78, 5) is 0. The standard InChI is InChI=1S/C11H16ClNO/c1-8(13)11(2,14)7-9-3-5-10(12)6-4-9/h3-6,8,14H,7,13H2,1-2H3. The van der Waals surface area contributed by atoms with Crippen LogP contribution in [0.1, 0.15) is 19.4 Å². The van der Waals surface area contributed by atoms with Gasteiger partial charge in [0.1, 0.15) is 0 Å². The average molecular weight is 214 g/mol. The first-order chi connectivity index (χ1) is 6.42. The van der Waals surface area contributed by atoms with Crippen molar-refractivity contribution in [3.05, 3.63) is 34.9 Å². The zero-order chi connectivity index (χ0) is 10.8. The van der Waals surface area contributed by atoms with Gasteiger partial charge in [-0.1, -0.05) is 23.7 Å². The summed E-state index contributed by atoms with van der Waals surface area (Å²) in [5, 5.41) is 10.7. The highest BCUT2D eigenvalue weighted by Gasteiger charge is 2.25. The molecule has 0 amide bonds. The van der Waals surface area contributed by atoms with Crippen LogP contribution in [-0.4, -0.2) is 16.7 Å². The van der Waals surface area contributed by atoms with Gasteiger partial charge in [-0.3, -0.25) is 0 Å². The number of rotatable bonds is 3. The molecule has 0 aliphatic rings. The van der Waals surface area contributed by atoms with Gasteiger partial charge in [0.2, 0.25) is 0 Å². The molecule has 0 saturated carbocycles.